The molecule has 6 nitrogen and oxygen atoms in total. The minimum atomic E-state index is 0.348. The smallest absolute Gasteiger partial charge is 0.241 e. The van der Waals surface area contributed by atoms with Crippen molar-refractivity contribution in [2.24, 2.45) is 10.2 Å². The minimum absolute atomic E-state index is 0.348. The lowest BCUT2D eigenvalue weighted by Crippen LogP contribution is -2.06. The zero-order valence-electron chi connectivity index (χ0n) is 20.1. The lowest BCUT2D eigenvalue weighted by atomic mass is 10.1. The van der Waals surface area contributed by atoms with Crippen molar-refractivity contribution in [1.29, 1.82) is 0 Å². The molecule has 0 aliphatic rings. The van der Waals surface area contributed by atoms with Crippen LogP contribution in [0.3, 0.4) is 0 Å². The maximum atomic E-state index is 5.93. The molecule has 6 heteroatoms. The van der Waals surface area contributed by atoms with Gasteiger partial charge in [-0.1, -0.05) is 97.1 Å². The number of aromatic nitrogens is 3. The molecule has 0 atom stereocenters. The van der Waals surface area contributed by atoms with Crippen molar-refractivity contribution in [2.75, 3.05) is 0 Å². The van der Waals surface area contributed by atoms with Gasteiger partial charge in [0.2, 0.25) is 5.90 Å². The Kier molecular flexibility index (Phi) is 8.48. The normalized spacial score (nSPS) is 12.1. The van der Waals surface area contributed by atoms with Crippen LogP contribution in [0.5, 0.6) is 0 Å². The average molecular weight is 474 g/mol. The second-order valence-electron chi connectivity index (χ2n) is 7.73. The van der Waals surface area contributed by atoms with Crippen molar-refractivity contribution in [3.63, 3.8) is 0 Å². The van der Waals surface area contributed by atoms with Crippen LogP contribution in [0.2, 0.25) is 0 Å². The highest BCUT2D eigenvalue weighted by Crippen LogP contribution is 2.25. The maximum absolute atomic E-state index is 5.93. The third kappa shape index (κ3) is 6.18. The van der Waals surface area contributed by atoms with Crippen LogP contribution in [0.1, 0.15) is 18.1 Å². The molecule has 178 valence electrons. The zero-order chi connectivity index (χ0) is 25.0. The molecule has 0 unspecified atom stereocenters. The Morgan fingerprint density at radius 2 is 1.42 bits per heavy atom. The first-order chi connectivity index (χ1) is 17.8. The van der Waals surface area contributed by atoms with Crippen LogP contribution in [0.4, 0.5) is 0 Å². The van der Waals surface area contributed by atoms with E-state index in [-0.39, 0.29) is 0 Å². The van der Waals surface area contributed by atoms with Crippen LogP contribution in [0.15, 0.2) is 126 Å². The Labute approximate surface area is 211 Å². The van der Waals surface area contributed by atoms with Gasteiger partial charge < -0.3 is 4.74 Å². The summed E-state index contributed by atoms with van der Waals surface area (Å²) in [5, 5.41) is 16.7. The van der Waals surface area contributed by atoms with Crippen molar-refractivity contribution in [2.45, 2.75) is 13.5 Å². The van der Waals surface area contributed by atoms with E-state index in [0.717, 1.165) is 33.9 Å². The average Bonchev–Trinajstić information content (AvgIpc) is 3.36. The fourth-order valence-electron chi connectivity index (χ4n) is 3.51. The number of allylic oxidation sites excluding steroid dienone is 5. The summed E-state index contributed by atoms with van der Waals surface area (Å²) in [5.41, 5.74) is 3.77. The van der Waals surface area contributed by atoms with Gasteiger partial charge in [-0.2, -0.15) is 5.10 Å². The van der Waals surface area contributed by atoms with Gasteiger partial charge in [0.25, 0.3) is 0 Å². The summed E-state index contributed by atoms with van der Waals surface area (Å²) in [6, 6.07) is 27.7. The molecule has 0 N–H and O–H groups in total. The monoisotopic (exact) mass is 473 g/mol. The van der Waals surface area contributed by atoms with E-state index in [9.17, 15) is 0 Å². The highest BCUT2D eigenvalue weighted by Gasteiger charge is 2.14. The van der Waals surface area contributed by atoms with Crippen molar-refractivity contribution < 1.29 is 4.74 Å². The van der Waals surface area contributed by atoms with Crippen LogP contribution in [0, 0.1) is 0 Å². The Morgan fingerprint density at radius 1 is 0.806 bits per heavy atom. The van der Waals surface area contributed by atoms with E-state index in [0.29, 0.717) is 12.5 Å². The molecular formula is C30H27N5O. The number of hydrogen-bond acceptors (Lipinski definition) is 5. The second-order valence-corrected chi connectivity index (χ2v) is 7.73. The summed E-state index contributed by atoms with van der Waals surface area (Å²) >= 11 is 0. The van der Waals surface area contributed by atoms with E-state index in [2.05, 4.69) is 27.1 Å². The first kappa shape index (κ1) is 24.3. The third-order valence-electron chi connectivity index (χ3n) is 5.26. The first-order valence-electron chi connectivity index (χ1n) is 11.6. The summed E-state index contributed by atoms with van der Waals surface area (Å²) in [7, 11) is 0. The molecule has 3 aromatic carbocycles. The molecule has 0 fully saturated rings. The Balaban J connectivity index is 1.57. The van der Waals surface area contributed by atoms with Gasteiger partial charge in [-0.3, -0.25) is 4.57 Å². The number of benzene rings is 3. The molecule has 0 aliphatic heterocycles. The fourth-order valence-corrected chi connectivity index (χ4v) is 3.51. The molecule has 1 aromatic heterocycles. The highest BCUT2D eigenvalue weighted by atomic mass is 16.5. The van der Waals surface area contributed by atoms with Gasteiger partial charge in [0, 0.05) is 29.6 Å². The summed E-state index contributed by atoms with van der Waals surface area (Å²) in [6.45, 7) is 5.78. The molecule has 1 heterocycles. The largest absolute Gasteiger partial charge is 0.471 e. The molecular weight excluding hydrogens is 446 g/mol. The fraction of sp³-hybridized carbons (Fsp3) is 0.0667. The van der Waals surface area contributed by atoms with Crippen LogP contribution in [-0.4, -0.2) is 27.4 Å². The van der Waals surface area contributed by atoms with E-state index < -0.39 is 0 Å². The molecule has 4 rings (SSSR count). The number of rotatable bonds is 9. The summed E-state index contributed by atoms with van der Waals surface area (Å²) < 4.78 is 7.93. The summed E-state index contributed by atoms with van der Waals surface area (Å²) in [6.07, 6.45) is 11.9. The standard InChI is InChI=1S/C30H27N5O/c1-3-4-5-6-13-22-35-28(25-14-9-7-10-15-25)32-33-29(35)26-20-18-24(19-21-26)23-36-30(34-31-2)27-16-11-8-12-17-27/h3-22H,2,23H2,1H3/b4-3-,6-5-,22-13+,34-30-. The second kappa shape index (κ2) is 12.6. The molecule has 36 heavy (non-hydrogen) atoms. The Bertz CT molecular complexity index is 1380. The van der Waals surface area contributed by atoms with Crippen LogP contribution in [-0.2, 0) is 11.3 Å². The van der Waals surface area contributed by atoms with E-state index in [1.54, 1.807) is 0 Å². The number of nitrogens with zero attached hydrogens (tertiary/aromatic N) is 5. The van der Waals surface area contributed by atoms with Gasteiger partial charge in [0.15, 0.2) is 11.6 Å². The van der Waals surface area contributed by atoms with E-state index in [1.165, 1.54) is 0 Å². The third-order valence-corrected chi connectivity index (χ3v) is 5.26. The predicted molar refractivity (Wildman–Crippen MR) is 147 cm³/mol. The predicted octanol–water partition coefficient (Wildman–Crippen LogP) is 6.79. The number of ether oxygens (including phenoxy) is 1. The van der Waals surface area contributed by atoms with Gasteiger partial charge >= 0.3 is 0 Å². The lowest BCUT2D eigenvalue weighted by molar-refractivity contribution is 0.292. The Morgan fingerprint density at radius 3 is 2.06 bits per heavy atom. The maximum Gasteiger partial charge on any atom is 0.241 e. The molecule has 0 bridgehead atoms. The van der Waals surface area contributed by atoms with Gasteiger partial charge in [0.1, 0.15) is 6.61 Å². The molecule has 0 saturated carbocycles. The molecule has 4 aromatic rings. The first-order valence-corrected chi connectivity index (χ1v) is 11.6. The molecule has 0 radical (unpaired) electrons. The van der Waals surface area contributed by atoms with Crippen molar-refractivity contribution in [3.05, 3.63) is 126 Å². The zero-order valence-corrected chi connectivity index (χ0v) is 20.1. The van der Waals surface area contributed by atoms with E-state index in [1.807, 2.05) is 133 Å². The SMILES string of the molecule is C=N/N=C(\OCc1ccc(-c2nnc(-c3ccccc3)n2/C=C/C=C\C=C/C)cc1)c1ccccc1. The highest BCUT2D eigenvalue weighted by molar-refractivity contribution is 5.94. The van der Waals surface area contributed by atoms with Gasteiger partial charge in [0.05, 0.1) is 0 Å². The molecule has 0 amide bonds. The number of hydrogen-bond donors (Lipinski definition) is 0. The molecule has 0 saturated heterocycles. The quantitative estimate of drug-likeness (QED) is 0.116. The summed E-state index contributed by atoms with van der Waals surface area (Å²) in [4.78, 5) is 0. The summed E-state index contributed by atoms with van der Waals surface area (Å²) in [5.74, 6) is 1.95. The van der Waals surface area contributed by atoms with Crippen molar-refractivity contribution in [3.8, 4) is 22.8 Å². The van der Waals surface area contributed by atoms with Gasteiger partial charge in [-0.15, -0.1) is 15.3 Å². The van der Waals surface area contributed by atoms with Crippen molar-refractivity contribution >= 4 is 18.8 Å². The van der Waals surface area contributed by atoms with Crippen LogP contribution >= 0.6 is 0 Å². The lowest BCUT2D eigenvalue weighted by Gasteiger charge is -2.09. The Hall–Kier alpha value is -4.84. The minimum Gasteiger partial charge on any atom is -0.471 e. The van der Waals surface area contributed by atoms with Gasteiger partial charge in [-0.25, -0.2) is 0 Å². The van der Waals surface area contributed by atoms with Crippen LogP contribution in [0.25, 0.3) is 29.0 Å². The molecule has 0 aliphatic carbocycles. The van der Waals surface area contributed by atoms with Crippen LogP contribution < -0.4 is 0 Å². The van der Waals surface area contributed by atoms with Crippen molar-refractivity contribution in [1.82, 2.24) is 14.8 Å². The van der Waals surface area contributed by atoms with E-state index in [4.69, 9.17) is 4.74 Å². The molecule has 0 spiro atoms. The van der Waals surface area contributed by atoms with E-state index >= 15 is 0 Å². The topological polar surface area (TPSA) is 64.7 Å². The van der Waals surface area contributed by atoms with Gasteiger partial charge in [-0.05, 0) is 30.7 Å².